The van der Waals surface area contributed by atoms with Crippen LogP contribution in [0, 0.1) is 5.92 Å². The lowest BCUT2D eigenvalue weighted by molar-refractivity contribution is -0.141. The van der Waals surface area contributed by atoms with E-state index in [2.05, 4.69) is 0 Å². The van der Waals surface area contributed by atoms with Gasteiger partial charge in [-0.2, -0.15) is 0 Å². The second-order valence-corrected chi connectivity index (χ2v) is 4.49. The number of hydrogen-bond acceptors (Lipinski definition) is 3. The van der Waals surface area contributed by atoms with E-state index in [1.807, 2.05) is 13.0 Å². The molecule has 1 amide bonds. The highest BCUT2D eigenvalue weighted by molar-refractivity contribution is 5.99. The van der Waals surface area contributed by atoms with Crippen molar-refractivity contribution in [3.8, 4) is 0 Å². The predicted octanol–water partition coefficient (Wildman–Crippen LogP) is 1.27. The number of nitrogens with zero attached hydrogens (tertiary/aromatic N) is 1. The molecule has 0 radical (unpaired) electrons. The molecule has 1 fully saturated rings. The van der Waals surface area contributed by atoms with E-state index < -0.39 is 11.9 Å². The topological polar surface area (TPSA) is 83.6 Å². The van der Waals surface area contributed by atoms with Gasteiger partial charge in [-0.25, -0.2) is 0 Å². The number of aliphatic carboxylic acids is 1. The Labute approximate surface area is 105 Å². The van der Waals surface area contributed by atoms with Crippen LogP contribution in [-0.4, -0.2) is 23.5 Å². The van der Waals surface area contributed by atoms with Crippen LogP contribution in [0.4, 0.5) is 11.4 Å². The monoisotopic (exact) mass is 248 g/mol. The van der Waals surface area contributed by atoms with Gasteiger partial charge in [-0.05, 0) is 30.2 Å². The Morgan fingerprint density at radius 3 is 2.83 bits per heavy atom. The average molecular weight is 248 g/mol. The highest BCUT2D eigenvalue weighted by Gasteiger charge is 2.35. The van der Waals surface area contributed by atoms with E-state index in [0.717, 1.165) is 17.7 Å². The van der Waals surface area contributed by atoms with Crippen LogP contribution < -0.4 is 10.6 Å². The Balaban J connectivity index is 2.32. The van der Waals surface area contributed by atoms with E-state index in [4.69, 9.17) is 10.8 Å². The Morgan fingerprint density at radius 2 is 2.28 bits per heavy atom. The highest BCUT2D eigenvalue weighted by atomic mass is 16.4. The van der Waals surface area contributed by atoms with Crippen LogP contribution in [0.15, 0.2) is 18.2 Å². The maximum Gasteiger partial charge on any atom is 0.308 e. The lowest BCUT2D eigenvalue weighted by atomic mass is 10.1. The number of carboxylic acid groups (broad SMARTS) is 1. The lowest BCUT2D eigenvalue weighted by Gasteiger charge is -2.20. The average Bonchev–Trinajstić information content (AvgIpc) is 2.71. The molecule has 2 rings (SSSR count). The number of hydrogen-bond donors (Lipinski definition) is 2. The number of nitrogen functional groups attached to an aromatic ring is 1. The summed E-state index contributed by atoms with van der Waals surface area (Å²) >= 11 is 0. The molecular formula is C13H16N2O3. The Morgan fingerprint density at radius 1 is 1.56 bits per heavy atom. The van der Waals surface area contributed by atoms with Crippen molar-refractivity contribution >= 4 is 23.3 Å². The summed E-state index contributed by atoms with van der Waals surface area (Å²) < 4.78 is 0. The molecule has 0 aromatic heterocycles. The number of amides is 1. The van der Waals surface area contributed by atoms with Gasteiger partial charge >= 0.3 is 5.97 Å². The summed E-state index contributed by atoms with van der Waals surface area (Å²) in [6.07, 6.45) is 0.824. The lowest BCUT2D eigenvalue weighted by Crippen LogP contribution is -2.26. The zero-order valence-corrected chi connectivity index (χ0v) is 10.2. The van der Waals surface area contributed by atoms with E-state index in [1.165, 1.54) is 0 Å². The van der Waals surface area contributed by atoms with Crippen molar-refractivity contribution in [2.45, 2.75) is 19.8 Å². The fraction of sp³-hybridized carbons (Fsp3) is 0.385. The summed E-state index contributed by atoms with van der Waals surface area (Å²) in [4.78, 5) is 24.4. The standard InChI is InChI=1S/C13H16N2O3/c1-2-8-5-10(14)3-4-11(8)15-7-9(13(17)18)6-12(15)16/h3-5,9H,2,6-7,14H2,1H3,(H,17,18). The number of benzene rings is 1. The van der Waals surface area contributed by atoms with Gasteiger partial charge in [0.15, 0.2) is 0 Å². The molecule has 3 N–H and O–H groups in total. The van der Waals surface area contributed by atoms with Gasteiger partial charge in [0.2, 0.25) is 5.91 Å². The molecule has 1 aromatic rings. The molecule has 0 bridgehead atoms. The highest BCUT2D eigenvalue weighted by Crippen LogP contribution is 2.29. The first-order chi connectivity index (χ1) is 8.52. The summed E-state index contributed by atoms with van der Waals surface area (Å²) in [5, 5.41) is 8.97. The molecule has 1 unspecified atom stereocenters. The third-order valence-electron chi connectivity index (χ3n) is 3.25. The van der Waals surface area contributed by atoms with Crippen LogP contribution in [0.5, 0.6) is 0 Å². The van der Waals surface area contributed by atoms with Gasteiger partial charge < -0.3 is 15.7 Å². The molecule has 1 aliphatic heterocycles. The van der Waals surface area contributed by atoms with Gasteiger partial charge in [0, 0.05) is 24.3 Å². The van der Waals surface area contributed by atoms with Crippen molar-refractivity contribution in [1.29, 1.82) is 0 Å². The molecule has 0 aliphatic carbocycles. The van der Waals surface area contributed by atoms with Crippen LogP contribution in [0.2, 0.25) is 0 Å². The second-order valence-electron chi connectivity index (χ2n) is 4.49. The summed E-state index contributed by atoms with van der Waals surface area (Å²) in [6.45, 7) is 2.22. The molecule has 1 aromatic carbocycles. The summed E-state index contributed by atoms with van der Waals surface area (Å²) in [5.74, 6) is -1.67. The summed E-state index contributed by atoms with van der Waals surface area (Å²) in [5.41, 5.74) is 8.11. The first-order valence-electron chi connectivity index (χ1n) is 5.94. The van der Waals surface area contributed by atoms with E-state index in [0.29, 0.717) is 5.69 Å². The van der Waals surface area contributed by atoms with E-state index in [1.54, 1.807) is 17.0 Å². The van der Waals surface area contributed by atoms with Crippen LogP contribution in [0.25, 0.3) is 0 Å². The molecule has 5 nitrogen and oxygen atoms in total. The zero-order chi connectivity index (χ0) is 13.3. The molecule has 5 heteroatoms. The minimum Gasteiger partial charge on any atom is -0.481 e. The normalized spacial score (nSPS) is 19.3. The van der Waals surface area contributed by atoms with Gasteiger partial charge in [0.05, 0.1) is 5.92 Å². The van der Waals surface area contributed by atoms with E-state index in [-0.39, 0.29) is 18.9 Å². The fourth-order valence-corrected chi connectivity index (χ4v) is 2.26. The van der Waals surface area contributed by atoms with Crippen molar-refractivity contribution in [1.82, 2.24) is 0 Å². The number of carbonyl (C=O) groups excluding carboxylic acids is 1. The Bertz CT molecular complexity index is 499. The van der Waals surface area contributed by atoms with Gasteiger partial charge in [0.1, 0.15) is 0 Å². The number of anilines is 2. The van der Waals surface area contributed by atoms with Crippen molar-refractivity contribution < 1.29 is 14.7 Å². The Hall–Kier alpha value is -2.04. The predicted molar refractivity (Wildman–Crippen MR) is 68.3 cm³/mol. The maximum absolute atomic E-state index is 11.9. The van der Waals surface area contributed by atoms with Gasteiger partial charge in [-0.15, -0.1) is 0 Å². The molecule has 0 spiro atoms. The van der Waals surface area contributed by atoms with Gasteiger partial charge in [-0.1, -0.05) is 6.92 Å². The molecule has 96 valence electrons. The quantitative estimate of drug-likeness (QED) is 0.789. The Kier molecular flexibility index (Phi) is 3.23. The molecular weight excluding hydrogens is 232 g/mol. The van der Waals surface area contributed by atoms with Gasteiger partial charge in [0.25, 0.3) is 0 Å². The molecule has 1 saturated heterocycles. The summed E-state index contributed by atoms with van der Waals surface area (Å²) in [6, 6.07) is 5.35. The zero-order valence-electron chi connectivity index (χ0n) is 10.2. The first kappa shape index (κ1) is 12.4. The van der Waals surface area contributed by atoms with Crippen LogP contribution in [-0.2, 0) is 16.0 Å². The van der Waals surface area contributed by atoms with E-state index >= 15 is 0 Å². The van der Waals surface area contributed by atoms with Crippen molar-refractivity contribution in [3.63, 3.8) is 0 Å². The van der Waals surface area contributed by atoms with Crippen molar-refractivity contribution in [2.75, 3.05) is 17.2 Å². The van der Waals surface area contributed by atoms with E-state index in [9.17, 15) is 9.59 Å². The number of nitrogens with two attached hydrogens (primary N) is 1. The number of carboxylic acids is 1. The van der Waals surface area contributed by atoms with Gasteiger partial charge in [-0.3, -0.25) is 9.59 Å². The number of aryl methyl sites for hydroxylation is 1. The van der Waals surface area contributed by atoms with Crippen LogP contribution in [0.1, 0.15) is 18.9 Å². The minimum atomic E-state index is -0.917. The molecule has 0 saturated carbocycles. The largest absolute Gasteiger partial charge is 0.481 e. The third kappa shape index (κ3) is 2.16. The maximum atomic E-state index is 11.9. The molecule has 1 aliphatic rings. The minimum absolute atomic E-state index is 0.0723. The SMILES string of the molecule is CCc1cc(N)ccc1N1CC(C(=O)O)CC1=O. The third-order valence-corrected chi connectivity index (χ3v) is 3.25. The fourth-order valence-electron chi connectivity index (χ4n) is 2.26. The smallest absolute Gasteiger partial charge is 0.308 e. The molecule has 1 atom stereocenters. The summed E-state index contributed by atoms with van der Waals surface area (Å²) in [7, 11) is 0. The van der Waals surface area contributed by atoms with Crippen LogP contribution in [0.3, 0.4) is 0 Å². The van der Waals surface area contributed by atoms with Crippen molar-refractivity contribution in [3.05, 3.63) is 23.8 Å². The van der Waals surface area contributed by atoms with Crippen LogP contribution >= 0.6 is 0 Å². The molecule has 1 heterocycles. The second kappa shape index (κ2) is 4.68. The first-order valence-corrected chi connectivity index (χ1v) is 5.94. The number of rotatable bonds is 3. The molecule has 18 heavy (non-hydrogen) atoms. The van der Waals surface area contributed by atoms with Crippen molar-refractivity contribution in [2.24, 2.45) is 5.92 Å². The number of carbonyl (C=O) groups is 2.